The first kappa shape index (κ1) is 9.47. The van der Waals surface area contributed by atoms with Gasteiger partial charge >= 0.3 is 0 Å². The summed E-state index contributed by atoms with van der Waals surface area (Å²) in [6.07, 6.45) is 4.35. The van der Waals surface area contributed by atoms with Crippen molar-refractivity contribution < 1.29 is 0 Å². The topological polar surface area (TPSA) is 6.48 Å². The van der Waals surface area contributed by atoms with Gasteiger partial charge in [-0.25, -0.2) is 0 Å². The van der Waals surface area contributed by atoms with Crippen LogP contribution in [0.1, 0.15) is 19.3 Å². The minimum atomic E-state index is 0.846. The van der Waals surface area contributed by atoms with Gasteiger partial charge in [-0.3, -0.25) is 0 Å². The van der Waals surface area contributed by atoms with Gasteiger partial charge in [0.1, 0.15) is 0 Å². The van der Waals surface area contributed by atoms with Crippen LogP contribution in [0.5, 0.6) is 0 Å². The summed E-state index contributed by atoms with van der Waals surface area (Å²) in [5, 5.41) is 0. The van der Waals surface area contributed by atoms with Crippen molar-refractivity contribution in [3.8, 4) is 0 Å². The molecule has 2 bridgehead atoms. The molecule has 2 heteroatoms. The van der Waals surface area contributed by atoms with Crippen LogP contribution < -0.4 is 0 Å². The number of rotatable bonds is 1. The van der Waals surface area contributed by atoms with Gasteiger partial charge < -0.3 is 9.80 Å². The van der Waals surface area contributed by atoms with Gasteiger partial charge in [0.2, 0.25) is 0 Å². The lowest BCUT2D eigenvalue weighted by Gasteiger charge is -2.46. The maximum absolute atomic E-state index is 2.52. The Kier molecular flexibility index (Phi) is 2.61. The summed E-state index contributed by atoms with van der Waals surface area (Å²) in [7, 11) is 6.75. The predicted octanol–water partition coefficient (Wildman–Crippen LogP) is 1.28. The predicted molar refractivity (Wildman–Crippen MR) is 55.8 cm³/mol. The van der Waals surface area contributed by atoms with E-state index in [1.807, 2.05) is 0 Å². The molecule has 13 heavy (non-hydrogen) atoms. The van der Waals surface area contributed by atoms with Gasteiger partial charge in [-0.05, 0) is 52.2 Å². The van der Waals surface area contributed by atoms with E-state index in [2.05, 4.69) is 30.9 Å². The molecule has 2 nitrogen and oxygen atoms in total. The van der Waals surface area contributed by atoms with E-state index in [1.165, 1.54) is 32.4 Å². The van der Waals surface area contributed by atoms with Crippen LogP contribution in [0.15, 0.2) is 0 Å². The summed E-state index contributed by atoms with van der Waals surface area (Å²) in [4.78, 5) is 4.95. The van der Waals surface area contributed by atoms with Crippen molar-refractivity contribution in [3.05, 3.63) is 0 Å². The molecule has 0 aromatic heterocycles. The Morgan fingerprint density at radius 3 is 2.62 bits per heavy atom. The number of hydrogen-bond donors (Lipinski definition) is 0. The van der Waals surface area contributed by atoms with Crippen molar-refractivity contribution in [3.63, 3.8) is 0 Å². The highest BCUT2D eigenvalue weighted by Gasteiger charge is 2.36. The molecule has 2 rings (SSSR count). The first-order valence-corrected chi connectivity index (χ1v) is 5.52. The van der Waals surface area contributed by atoms with Crippen LogP contribution in [0.2, 0.25) is 0 Å². The number of nitrogens with zero attached hydrogens (tertiary/aromatic N) is 2. The summed E-state index contributed by atoms with van der Waals surface area (Å²) in [6, 6.07) is 0.846. The van der Waals surface area contributed by atoms with E-state index >= 15 is 0 Å². The van der Waals surface area contributed by atoms with Crippen molar-refractivity contribution in [2.24, 2.45) is 11.8 Å². The Hall–Kier alpha value is -0.0800. The first-order chi connectivity index (χ1) is 6.16. The molecule has 1 aliphatic heterocycles. The van der Waals surface area contributed by atoms with Gasteiger partial charge in [0, 0.05) is 19.1 Å². The fourth-order valence-corrected chi connectivity index (χ4v) is 3.30. The molecular weight excluding hydrogens is 160 g/mol. The normalized spacial score (nSPS) is 41.1. The van der Waals surface area contributed by atoms with Gasteiger partial charge in [0.15, 0.2) is 0 Å². The van der Waals surface area contributed by atoms with E-state index in [9.17, 15) is 0 Å². The molecule has 3 unspecified atom stereocenters. The summed E-state index contributed by atoms with van der Waals surface area (Å²) >= 11 is 0. The average molecular weight is 182 g/mol. The Labute approximate surface area is 81.9 Å². The first-order valence-electron chi connectivity index (χ1n) is 5.52. The van der Waals surface area contributed by atoms with E-state index in [-0.39, 0.29) is 0 Å². The SMILES string of the molecule is CN1CC2CCC(N(C)C)C(C2)C1. The second-order valence-corrected chi connectivity index (χ2v) is 5.19. The van der Waals surface area contributed by atoms with Crippen LogP contribution in [0.25, 0.3) is 0 Å². The van der Waals surface area contributed by atoms with Gasteiger partial charge in [0.25, 0.3) is 0 Å². The molecule has 1 saturated carbocycles. The van der Waals surface area contributed by atoms with E-state index in [0.29, 0.717) is 0 Å². The molecule has 0 aromatic rings. The standard InChI is InChI=1S/C11H22N2/c1-12(2)11-5-4-9-6-10(11)8-13(3)7-9/h9-11H,4-8H2,1-3H3. The molecular formula is C11H22N2. The van der Waals surface area contributed by atoms with E-state index in [1.54, 1.807) is 0 Å². The zero-order valence-corrected chi connectivity index (χ0v) is 9.16. The van der Waals surface area contributed by atoms with Crippen LogP contribution in [-0.2, 0) is 0 Å². The molecule has 1 saturated heterocycles. The molecule has 3 atom stereocenters. The second-order valence-electron chi connectivity index (χ2n) is 5.19. The van der Waals surface area contributed by atoms with Crippen molar-refractivity contribution in [1.82, 2.24) is 9.80 Å². The Bertz CT molecular complexity index is 177. The largest absolute Gasteiger partial charge is 0.306 e. The minimum absolute atomic E-state index is 0.846. The number of hydrogen-bond acceptors (Lipinski definition) is 2. The zero-order chi connectivity index (χ0) is 9.42. The fraction of sp³-hybridized carbons (Fsp3) is 1.00. The molecule has 2 aliphatic rings. The van der Waals surface area contributed by atoms with Crippen molar-refractivity contribution in [2.75, 3.05) is 34.2 Å². The smallest absolute Gasteiger partial charge is 0.0130 e. The Morgan fingerprint density at radius 1 is 1.15 bits per heavy atom. The van der Waals surface area contributed by atoms with Gasteiger partial charge in [-0.1, -0.05) is 0 Å². The highest BCUT2D eigenvalue weighted by atomic mass is 15.2. The zero-order valence-electron chi connectivity index (χ0n) is 9.16. The van der Waals surface area contributed by atoms with Crippen LogP contribution in [0.3, 0.4) is 0 Å². The molecule has 76 valence electrons. The molecule has 0 aromatic carbocycles. The lowest BCUT2D eigenvalue weighted by atomic mass is 9.74. The van der Waals surface area contributed by atoms with E-state index in [4.69, 9.17) is 0 Å². The van der Waals surface area contributed by atoms with Crippen molar-refractivity contribution >= 4 is 0 Å². The highest BCUT2D eigenvalue weighted by Crippen LogP contribution is 2.35. The monoisotopic (exact) mass is 182 g/mol. The third-order valence-electron chi connectivity index (χ3n) is 3.83. The second kappa shape index (κ2) is 3.58. The molecule has 1 aliphatic carbocycles. The Morgan fingerprint density at radius 2 is 1.92 bits per heavy atom. The maximum atomic E-state index is 2.52. The molecule has 2 fully saturated rings. The third kappa shape index (κ3) is 1.89. The lowest BCUT2D eigenvalue weighted by molar-refractivity contribution is 0.0407. The molecule has 0 spiro atoms. The van der Waals surface area contributed by atoms with E-state index in [0.717, 1.165) is 17.9 Å². The van der Waals surface area contributed by atoms with Gasteiger partial charge in [0.05, 0.1) is 0 Å². The van der Waals surface area contributed by atoms with Crippen molar-refractivity contribution in [1.29, 1.82) is 0 Å². The Balaban J connectivity index is 2.02. The van der Waals surface area contributed by atoms with Crippen molar-refractivity contribution in [2.45, 2.75) is 25.3 Å². The lowest BCUT2D eigenvalue weighted by Crippen LogP contribution is -2.50. The number of likely N-dealkylation sites (tertiary alicyclic amines) is 1. The van der Waals surface area contributed by atoms with Gasteiger partial charge in [-0.2, -0.15) is 0 Å². The molecule has 0 amide bonds. The summed E-state index contributed by atoms with van der Waals surface area (Å²) in [5.41, 5.74) is 0. The minimum Gasteiger partial charge on any atom is -0.306 e. The average Bonchev–Trinajstić information content (AvgIpc) is 2.02. The van der Waals surface area contributed by atoms with Crippen LogP contribution in [0, 0.1) is 11.8 Å². The van der Waals surface area contributed by atoms with Crippen LogP contribution >= 0.6 is 0 Å². The number of piperidine rings is 1. The summed E-state index contributed by atoms with van der Waals surface area (Å²) < 4.78 is 0. The fourth-order valence-electron chi connectivity index (χ4n) is 3.30. The molecule has 0 radical (unpaired) electrons. The molecule has 1 heterocycles. The highest BCUT2D eigenvalue weighted by molar-refractivity contribution is 4.90. The molecule has 0 N–H and O–H groups in total. The van der Waals surface area contributed by atoms with E-state index < -0.39 is 0 Å². The quantitative estimate of drug-likeness (QED) is 0.603. The maximum Gasteiger partial charge on any atom is 0.0130 e. The third-order valence-corrected chi connectivity index (χ3v) is 3.83. The van der Waals surface area contributed by atoms with Gasteiger partial charge in [-0.15, -0.1) is 0 Å². The van der Waals surface area contributed by atoms with Crippen LogP contribution in [-0.4, -0.2) is 50.1 Å². The summed E-state index contributed by atoms with van der Waals surface area (Å²) in [5.74, 6) is 1.94. The van der Waals surface area contributed by atoms with Crippen LogP contribution in [0.4, 0.5) is 0 Å². The number of fused-ring (bicyclic) bond motifs is 2. The summed E-state index contributed by atoms with van der Waals surface area (Å²) in [6.45, 7) is 2.66.